The third-order valence-corrected chi connectivity index (χ3v) is 2.61. The Labute approximate surface area is 92.1 Å². The standard InChI is InChI=1S/C12H21N3/c1-9(2)11(6-7-13)15-12-10(3)5-4-8-14-12/h4-5,8-9,11H,6-7,13H2,1-3H3,(H,14,15). The molecule has 1 unspecified atom stereocenters. The summed E-state index contributed by atoms with van der Waals surface area (Å²) in [5.41, 5.74) is 6.78. The molecule has 1 heterocycles. The average Bonchev–Trinajstić information content (AvgIpc) is 2.20. The quantitative estimate of drug-likeness (QED) is 0.778. The summed E-state index contributed by atoms with van der Waals surface area (Å²) in [5, 5.41) is 3.46. The molecule has 3 nitrogen and oxygen atoms in total. The van der Waals surface area contributed by atoms with Crippen LogP contribution >= 0.6 is 0 Å². The highest BCUT2D eigenvalue weighted by Crippen LogP contribution is 2.15. The molecular formula is C12H21N3. The molecule has 1 aromatic rings. The van der Waals surface area contributed by atoms with Crippen LogP contribution in [0.4, 0.5) is 5.82 Å². The van der Waals surface area contributed by atoms with Crippen LogP contribution in [-0.4, -0.2) is 17.6 Å². The van der Waals surface area contributed by atoms with Crippen LogP contribution in [0.3, 0.4) is 0 Å². The lowest BCUT2D eigenvalue weighted by Crippen LogP contribution is -2.29. The lowest BCUT2D eigenvalue weighted by Gasteiger charge is -2.23. The Morgan fingerprint density at radius 1 is 1.47 bits per heavy atom. The Morgan fingerprint density at radius 2 is 2.20 bits per heavy atom. The molecule has 84 valence electrons. The number of hydrogen-bond acceptors (Lipinski definition) is 3. The van der Waals surface area contributed by atoms with E-state index in [-0.39, 0.29) is 0 Å². The van der Waals surface area contributed by atoms with E-state index in [4.69, 9.17) is 5.73 Å². The van der Waals surface area contributed by atoms with Crippen molar-refractivity contribution in [2.24, 2.45) is 11.7 Å². The zero-order chi connectivity index (χ0) is 11.3. The first kappa shape index (κ1) is 12.0. The fourth-order valence-corrected chi connectivity index (χ4v) is 1.56. The average molecular weight is 207 g/mol. The van der Waals surface area contributed by atoms with Crippen molar-refractivity contribution >= 4 is 5.82 Å². The van der Waals surface area contributed by atoms with E-state index < -0.39 is 0 Å². The molecule has 0 spiro atoms. The molecule has 0 amide bonds. The SMILES string of the molecule is Cc1cccnc1NC(CCN)C(C)C. The lowest BCUT2D eigenvalue weighted by molar-refractivity contribution is 0.497. The maximum Gasteiger partial charge on any atom is 0.129 e. The third-order valence-electron chi connectivity index (χ3n) is 2.61. The predicted octanol–water partition coefficient (Wildman–Crippen LogP) is 2.18. The van der Waals surface area contributed by atoms with E-state index >= 15 is 0 Å². The number of hydrogen-bond donors (Lipinski definition) is 2. The normalized spacial score (nSPS) is 12.9. The van der Waals surface area contributed by atoms with Crippen LogP contribution in [0.2, 0.25) is 0 Å². The molecule has 0 fully saturated rings. The highest BCUT2D eigenvalue weighted by Gasteiger charge is 2.13. The molecule has 3 N–H and O–H groups in total. The van der Waals surface area contributed by atoms with Gasteiger partial charge in [0.25, 0.3) is 0 Å². The van der Waals surface area contributed by atoms with Gasteiger partial charge in [-0.25, -0.2) is 4.98 Å². The Morgan fingerprint density at radius 3 is 2.73 bits per heavy atom. The van der Waals surface area contributed by atoms with Gasteiger partial charge in [-0.2, -0.15) is 0 Å². The summed E-state index contributed by atoms with van der Waals surface area (Å²) in [6.45, 7) is 7.17. The topological polar surface area (TPSA) is 50.9 Å². The van der Waals surface area contributed by atoms with E-state index in [0.29, 0.717) is 18.5 Å². The van der Waals surface area contributed by atoms with E-state index in [0.717, 1.165) is 12.2 Å². The van der Waals surface area contributed by atoms with Crippen LogP contribution in [0.1, 0.15) is 25.8 Å². The van der Waals surface area contributed by atoms with Crippen LogP contribution in [0.25, 0.3) is 0 Å². The van der Waals surface area contributed by atoms with Gasteiger partial charge in [-0.1, -0.05) is 19.9 Å². The zero-order valence-electron chi connectivity index (χ0n) is 9.83. The molecular weight excluding hydrogens is 186 g/mol. The number of pyridine rings is 1. The van der Waals surface area contributed by atoms with Gasteiger partial charge >= 0.3 is 0 Å². The van der Waals surface area contributed by atoms with Gasteiger partial charge in [0.1, 0.15) is 5.82 Å². The van der Waals surface area contributed by atoms with Gasteiger partial charge in [0, 0.05) is 12.2 Å². The number of aryl methyl sites for hydroxylation is 1. The molecule has 0 aromatic carbocycles. The molecule has 0 aliphatic rings. The molecule has 3 heteroatoms. The Balaban J connectivity index is 2.69. The minimum atomic E-state index is 0.406. The van der Waals surface area contributed by atoms with Gasteiger partial charge in [-0.05, 0) is 37.4 Å². The van der Waals surface area contributed by atoms with Gasteiger partial charge in [0.15, 0.2) is 0 Å². The van der Waals surface area contributed by atoms with E-state index in [1.54, 1.807) is 0 Å². The minimum Gasteiger partial charge on any atom is -0.367 e. The summed E-state index contributed by atoms with van der Waals surface area (Å²) in [6.07, 6.45) is 2.79. The van der Waals surface area contributed by atoms with Crippen molar-refractivity contribution in [3.63, 3.8) is 0 Å². The molecule has 0 bridgehead atoms. The second-order valence-corrected chi connectivity index (χ2v) is 4.24. The molecule has 15 heavy (non-hydrogen) atoms. The molecule has 0 aliphatic heterocycles. The van der Waals surface area contributed by atoms with Gasteiger partial charge in [-0.15, -0.1) is 0 Å². The number of nitrogens with two attached hydrogens (primary N) is 1. The fourth-order valence-electron chi connectivity index (χ4n) is 1.56. The van der Waals surface area contributed by atoms with E-state index in [1.807, 2.05) is 12.3 Å². The molecule has 0 saturated carbocycles. The largest absolute Gasteiger partial charge is 0.367 e. The second-order valence-electron chi connectivity index (χ2n) is 4.24. The minimum absolute atomic E-state index is 0.406. The van der Waals surface area contributed by atoms with Gasteiger partial charge in [0.2, 0.25) is 0 Å². The van der Waals surface area contributed by atoms with Crippen LogP contribution < -0.4 is 11.1 Å². The number of anilines is 1. The van der Waals surface area contributed by atoms with E-state index in [1.165, 1.54) is 5.56 Å². The third kappa shape index (κ3) is 3.51. The maximum atomic E-state index is 5.60. The van der Waals surface area contributed by atoms with E-state index in [9.17, 15) is 0 Å². The lowest BCUT2D eigenvalue weighted by atomic mass is 10.0. The number of rotatable bonds is 5. The Kier molecular flexibility index (Phi) is 4.56. The number of aromatic nitrogens is 1. The van der Waals surface area contributed by atoms with Crippen molar-refractivity contribution < 1.29 is 0 Å². The molecule has 0 radical (unpaired) electrons. The molecule has 1 atom stereocenters. The summed E-state index contributed by atoms with van der Waals surface area (Å²) >= 11 is 0. The monoisotopic (exact) mass is 207 g/mol. The van der Waals surface area contributed by atoms with Crippen LogP contribution in [0.5, 0.6) is 0 Å². The highest BCUT2D eigenvalue weighted by atomic mass is 15.0. The number of nitrogens with zero attached hydrogens (tertiary/aromatic N) is 1. The molecule has 1 aromatic heterocycles. The summed E-state index contributed by atoms with van der Waals surface area (Å²) in [5.74, 6) is 1.54. The highest BCUT2D eigenvalue weighted by molar-refractivity contribution is 5.43. The summed E-state index contributed by atoms with van der Waals surface area (Å²) in [6, 6.07) is 4.42. The van der Waals surface area contributed by atoms with Gasteiger partial charge in [-0.3, -0.25) is 0 Å². The summed E-state index contributed by atoms with van der Waals surface area (Å²) in [7, 11) is 0. The van der Waals surface area contributed by atoms with Crippen molar-refractivity contribution in [3.05, 3.63) is 23.9 Å². The van der Waals surface area contributed by atoms with Crippen molar-refractivity contribution in [1.29, 1.82) is 0 Å². The summed E-state index contributed by atoms with van der Waals surface area (Å²) < 4.78 is 0. The smallest absolute Gasteiger partial charge is 0.129 e. The fraction of sp³-hybridized carbons (Fsp3) is 0.583. The van der Waals surface area contributed by atoms with Crippen molar-refractivity contribution in [3.8, 4) is 0 Å². The zero-order valence-corrected chi connectivity index (χ0v) is 9.83. The number of nitrogens with one attached hydrogen (secondary N) is 1. The Bertz CT molecular complexity index is 297. The predicted molar refractivity (Wildman–Crippen MR) is 64.9 cm³/mol. The summed E-state index contributed by atoms with van der Waals surface area (Å²) in [4.78, 5) is 4.33. The molecule has 1 rings (SSSR count). The van der Waals surface area contributed by atoms with Crippen molar-refractivity contribution in [2.75, 3.05) is 11.9 Å². The van der Waals surface area contributed by atoms with Crippen LogP contribution in [0, 0.1) is 12.8 Å². The van der Waals surface area contributed by atoms with Crippen molar-refractivity contribution in [2.45, 2.75) is 33.2 Å². The molecule has 0 aliphatic carbocycles. The first-order valence-electron chi connectivity index (χ1n) is 5.53. The second kappa shape index (κ2) is 5.71. The van der Waals surface area contributed by atoms with Crippen molar-refractivity contribution in [1.82, 2.24) is 4.98 Å². The van der Waals surface area contributed by atoms with Gasteiger partial charge < -0.3 is 11.1 Å². The maximum absolute atomic E-state index is 5.60. The first-order valence-corrected chi connectivity index (χ1v) is 5.53. The Hall–Kier alpha value is -1.09. The van der Waals surface area contributed by atoms with Gasteiger partial charge in [0.05, 0.1) is 0 Å². The first-order chi connectivity index (χ1) is 7.15. The molecule has 0 saturated heterocycles. The van der Waals surface area contributed by atoms with Crippen LogP contribution in [-0.2, 0) is 0 Å². The van der Waals surface area contributed by atoms with Crippen LogP contribution in [0.15, 0.2) is 18.3 Å². The van der Waals surface area contributed by atoms with E-state index in [2.05, 4.69) is 37.1 Å².